The van der Waals surface area contributed by atoms with Crippen LogP contribution in [0.1, 0.15) is 34.0 Å². The highest BCUT2D eigenvalue weighted by molar-refractivity contribution is 5.97. The van der Waals surface area contributed by atoms with Gasteiger partial charge in [0.05, 0.1) is 22.1 Å². The molecule has 0 fully saturated rings. The lowest BCUT2D eigenvalue weighted by Gasteiger charge is -2.13. The van der Waals surface area contributed by atoms with E-state index in [4.69, 9.17) is 0 Å². The second kappa shape index (κ2) is 8.88. The number of benzene rings is 3. The van der Waals surface area contributed by atoms with Gasteiger partial charge in [0.15, 0.2) is 0 Å². The third-order valence-corrected chi connectivity index (χ3v) is 4.84. The molecule has 0 amide bonds. The van der Waals surface area contributed by atoms with Gasteiger partial charge in [0.2, 0.25) is 0 Å². The summed E-state index contributed by atoms with van der Waals surface area (Å²) in [4.78, 5) is 22.6. The molecule has 3 aromatic rings. The van der Waals surface area contributed by atoms with Gasteiger partial charge in [-0.15, -0.1) is 0 Å². The lowest BCUT2D eigenvalue weighted by Crippen LogP contribution is -2.10. The molecule has 7 nitrogen and oxygen atoms in total. The molecule has 0 aliphatic carbocycles. The highest BCUT2D eigenvalue weighted by Crippen LogP contribution is 2.33. The number of nitrogens with zero attached hydrogens (tertiary/aromatic N) is 2. The number of nitrogens with one attached hydrogen (secondary N) is 1. The van der Waals surface area contributed by atoms with Crippen molar-refractivity contribution < 1.29 is 14.8 Å². The van der Waals surface area contributed by atoms with Crippen LogP contribution in [-0.4, -0.2) is 16.0 Å². The molecule has 0 heterocycles. The van der Waals surface area contributed by atoms with E-state index in [1.165, 1.54) is 12.1 Å². The van der Waals surface area contributed by atoms with Crippen LogP contribution in [0.25, 0.3) is 11.1 Å². The maximum absolute atomic E-state index is 11.6. The van der Waals surface area contributed by atoms with Crippen LogP contribution in [0.4, 0.5) is 11.4 Å². The first-order valence-electron chi connectivity index (χ1n) is 9.32. The second-order valence-electron chi connectivity index (χ2n) is 6.62. The first kappa shape index (κ1) is 20.6. The van der Waals surface area contributed by atoms with Crippen molar-refractivity contribution in [2.75, 3.05) is 5.32 Å². The van der Waals surface area contributed by atoms with Crippen LogP contribution in [0.2, 0.25) is 0 Å². The zero-order valence-electron chi connectivity index (χ0n) is 16.3. The number of hydrogen-bond acceptors (Lipinski definition) is 5. The molecular weight excluding hydrogens is 382 g/mol. The van der Waals surface area contributed by atoms with E-state index in [9.17, 15) is 25.3 Å². The van der Waals surface area contributed by atoms with Crippen LogP contribution < -0.4 is 5.32 Å². The molecule has 0 aliphatic heterocycles. The molecule has 3 aromatic carbocycles. The zero-order chi connectivity index (χ0) is 21.7. The smallest absolute Gasteiger partial charge is 0.338 e. The molecule has 0 aliphatic rings. The number of nitriles is 1. The van der Waals surface area contributed by atoms with Crippen molar-refractivity contribution in [1.29, 1.82) is 5.26 Å². The Labute approximate surface area is 173 Å². The van der Waals surface area contributed by atoms with Crippen molar-refractivity contribution in [3.05, 3.63) is 93.0 Å². The van der Waals surface area contributed by atoms with Crippen molar-refractivity contribution >= 4 is 17.3 Å². The Balaban J connectivity index is 1.90. The van der Waals surface area contributed by atoms with E-state index in [1.807, 2.05) is 36.4 Å². The molecule has 3 rings (SSSR count). The summed E-state index contributed by atoms with van der Waals surface area (Å²) in [6.45, 7) is 2.00. The number of carbonyl (C=O) groups is 1. The van der Waals surface area contributed by atoms with E-state index < -0.39 is 10.9 Å². The Morgan fingerprint density at radius 3 is 2.43 bits per heavy atom. The topological polar surface area (TPSA) is 116 Å². The van der Waals surface area contributed by atoms with Crippen LogP contribution in [0.5, 0.6) is 0 Å². The van der Waals surface area contributed by atoms with Gasteiger partial charge in [0.25, 0.3) is 5.69 Å². The minimum Gasteiger partial charge on any atom is -0.478 e. The fourth-order valence-corrected chi connectivity index (χ4v) is 3.31. The monoisotopic (exact) mass is 401 g/mol. The number of nitro benzene ring substituents is 1. The standard InChI is InChI=1S/C23H19N3O4/c1-2-16-11-12-20(23(27)28)21(22(16)26(29)30)25-14-15-7-9-17(10-8-15)19-6-4-3-5-18(19)13-24/h3-12,25H,2,14H2,1H3,(H,27,28). The molecule has 30 heavy (non-hydrogen) atoms. The van der Waals surface area contributed by atoms with Crippen LogP contribution in [-0.2, 0) is 13.0 Å². The molecule has 150 valence electrons. The highest BCUT2D eigenvalue weighted by atomic mass is 16.6. The van der Waals surface area contributed by atoms with Crippen molar-refractivity contribution in [1.82, 2.24) is 0 Å². The molecule has 0 saturated carbocycles. The van der Waals surface area contributed by atoms with Gasteiger partial charge < -0.3 is 10.4 Å². The third-order valence-electron chi connectivity index (χ3n) is 4.84. The van der Waals surface area contributed by atoms with Crippen molar-refractivity contribution in [3.8, 4) is 17.2 Å². The summed E-state index contributed by atoms with van der Waals surface area (Å²) in [7, 11) is 0. The fourth-order valence-electron chi connectivity index (χ4n) is 3.31. The highest BCUT2D eigenvalue weighted by Gasteiger charge is 2.25. The van der Waals surface area contributed by atoms with Gasteiger partial charge in [-0.3, -0.25) is 10.1 Å². The van der Waals surface area contributed by atoms with Gasteiger partial charge in [-0.05, 0) is 35.2 Å². The van der Waals surface area contributed by atoms with E-state index in [1.54, 1.807) is 19.1 Å². The maximum atomic E-state index is 11.6. The molecule has 0 bridgehead atoms. The quantitative estimate of drug-likeness (QED) is 0.425. The summed E-state index contributed by atoms with van der Waals surface area (Å²) < 4.78 is 0. The Morgan fingerprint density at radius 2 is 1.83 bits per heavy atom. The minimum atomic E-state index is -1.23. The largest absolute Gasteiger partial charge is 0.478 e. The molecule has 7 heteroatoms. The van der Waals surface area contributed by atoms with Crippen LogP contribution in [0.15, 0.2) is 60.7 Å². The first-order chi connectivity index (χ1) is 14.5. The lowest BCUT2D eigenvalue weighted by molar-refractivity contribution is -0.384. The molecule has 2 N–H and O–H groups in total. The third kappa shape index (κ3) is 4.13. The summed E-state index contributed by atoms with van der Waals surface area (Å²) in [6.07, 6.45) is 0.415. The molecule has 0 aromatic heterocycles. The van der Waals surface area contributed by atoms with Gasteiger partial charge in [0, 0.05) is 12.1 Å². The van der Waals surface area contributed by atoms with Gasteiger partial charge in [0.1, 0.15) is 5.69 Å². The average molecular weight is 401 g/mol. The van der Waals surface area contributed by atoms with E-state index in [0.717, 1.165) is 16.7 Å². The van der Waals surface area contributed by atoms with Gasteiger partial charge in [-0.1, -0.05) is 55.5 Å². The van der Waals surface area contributed by atoms with E-state index in [0.29, 0.717) is 17.5 Å². The molecule has 0 atom stereocenters. The summed E-state index contributed by atoms with van der Waals surface area (Å²) in [5.41, 5.74) is 3.21. The lowest BCUT2D eigenvalue weighted by atomic mass is 9.99. The minimum absolute atomic E-state index is 0.00533. The first-order valence-corrected chi connectivity index (χ1v) is 9.32. The number of hydrogen-bond donors (Lipinski definition) is 2. The van der Waals surface area contributed by atoms with Crippen molar-refractivity contribution in [2.24, 2.45) is 0 Å². The summed E-state index contributed by atoms with van der Waals surface area (Å²) in [6, 6.07) is 19.7. The van der Waals surface area contributed by atoms with Crippen LogP contribution in [0.3, 0.4) is 0 Å². The van der Waals surface area contributed by atoms with Crippen molar-refractivity contribution in [2.45, 2.75) is 19.9 Å². The van der Waals surface area contributed by atoms with E-state index in [2.05, 4.69) is 11.4 Å². The zero-order valence-corrected chi connectivity index (χ0v) is 16.3. The summed E-state index contributed by atoms with van der Waals surface area (Å²) in [5, 5.41) is 33.3. The maximum Gasteiger partial charge on any atom is 0.338 e. The SMILES string of the molecule is CCc1ccc(C(=O)O)c(NCc2ccc(-c3ccccc3C#N)cc2)c1[N+](=O)[O-]. The predicted molar refractivity (Wildman–Crippen MR) is 113 cm³/mol. The van der Waals surface area contributed by atoms with E-state index in [-0.39, 0.29) is 23.5 Å². The number of aryl methyl sites for hydroxylation is 1. The number of nitro groups is 1. The predicted octanol–water partition coefficient (Wildman–Crippen LogP) is 5.01. The number of anilines is 1. The second-order valence-corrected chi connectivity index (χ2v) is 6.62. The molecule has 0 spiro atoms. The Hall–Kier alpha value is -4.18. The summed E-state index contributed by atoms with van der Waals surface area (Å²) >= 11 is 0. The summed E-state index contributed by atoms with van der Waals surface area (Å²) in [5.74, 6) is -1.23. The molecular formula is C23H19N3O4. The van der Waals surface area contributed by atoms with Gasteiger partial charge in [-0.25, -0.2) is 4.79 Å². The van der Waals surface area contributed by atoms with Gasteiger partial charge >= 0.3 is 5.97 Å². The van der Waals surface area contributed by atoms with Crippen LogP contribution >= 0.6 is 0 Å². The van der Waals surface area contributed by atoms with E-state index >= 15 is 0 Å². The fraction of sp³-hybridized carbons (Fsp3) is 0.130. The number of carboxylic acids is 1. The van der Waals surface area contributed by atoms with Crippen molar-refractivity contribution in [3.63, 3.8) is 0 Å². The average Bonchev–Trinajstić information content (AvgIpc) is 2.76. The number of rotatable bonds is 7. The Kier molecular flexibility index (Phi) is 6.08. The molecule has 0 saturated heterocycles. The number of carboxylic acid groups (broad SMARTS) is 1. The number of aromatic carboxylic acids is 1. The van der Waals surface area contributed by atoms with Crippen LogP contribution in [0, 0.1) is 21.4 Å². The van der Waals surface area contributed by atoms with Gasteiger partial charge in [-0.2, -0.15) is 5.26 Å². The molecule has 0 unspecified atom stereocenters. The normalized spacial score (nSPS) is 10.3. The Morgan fingerprint density at radius 1 is 1.13 bits per heavy atom. The Bertz CT molecular complexity index is 1150. The molecule has 0 radical (unpaired) electrons.